The molecule has 7 nitrogen and oxygen atoms in total. The molecule has 36 heavy (non-hydrogen) atoms. The van der Waals surface area contributed by atoms with Crippen LogP contribution in [-0.4, -0.2) is 72.6 Å². The van der Waals surface area contributed by atoms with Crippen molar-refractivity contribution in [2.24, 2.45) is 0 Å². The van der Waals surface area contributed by atoms with Gasteiger partial charge in [0.05, 0.1) is 7.11 Å². The second-order valence-electron chi connectivity index (χ2n) is 9.86. The van der Waals surface area contributed by atoms with E-state index in [2.05, 4.69) is 9.80 Å². The minimum atomic E-state index is -0.580. The molecule has 1 atom stereocenters. The highest BCUT2D eigenvalue weighted by Crippen LogP contribution is 2.38. The second kappa shape index (κ2) is 11.5. The van der Waals surface area contributed by atoms with E-state index in [1.54, 1.807) is 6.07 Å². The fourth-order valence-electron chi connectivity index (χ4n) is 5.75. The fourth-order valence-corrected chi connectivity index (χ4v) is 6.99. The SMILES string of the molecule is COC(=O)C(c1ccccc1Cl)N1CCc2sc(OC(=O)N3CCN(C4CCCCC4)CC3)cc2C1. The lowest BCUT2D eigenvalue weighted by molar-refractivity contribution is -0.147. The van der Waals surface area contributed by atoms with Gasteiger partial charge in [0.25, 0.3) is 0 Å². The Balaban J connectivity index is 1.21. The first kappa shape index (κ1) is 25.5. The van der Waals surface area contributed by atoms with Crippen LogP contribution in [-0.2, 0) is 22.5 Å². The van der Waals surface area contributed by atoms with Crippen molar-refractivity contribution < 1.29 is 19.1 Å². The van der Waals surface area contributed by atoms with E-state index in [4.69, 9.17) is 21.1 Å². The molecule has 1 aromatic heterocycles. The molecule has 0 bridgehead atoms. The van der Waals surface area contributed by atoms with E-state index < -0.39 is 6.04 Å². The van der Waals surface area contributed by atoms with Gasteiger partial charge in [0.1, 0.15) is 6.04 Å². The van der Waals surface area contributed by atoms with Gasteiger partial charge in [0.15, 0.2) is 5.06 Å². The third-order valence-electron chi connectivity index (χ3n) is 7.71. The van der Waals surface area contributed by atoms with Crippen molar-refractivity contribution in [3.05, 3.63) is 51.4 Å². The number of methoxy groups -OCH3 is 1. The molecule has 1 saturated carbocycles. The van der Waals surface area contributed by atoms with E-state index in [1.165, 1.54) is 55.4 Å². The number of carbonyl (C=O) groups is 2. The predicted octanol–water partition coefficient (Wildman–Crippen LogP) is 5.12. The molecule has 2 aliphatic heterocycles. The summed E-state index contributed by atoms with van der Waals surface area (Å²) in [5, 5.41) is 1.16. The number of carbonyl (C=O) groups excluding carboxylic acids is 2. The molecule has 0 N–H and O–H groups in total. The number of benzene rings is 1. The number of nitrogens with zero attached hydrogens (tertiary/aromatic N) is 3. The topological polar surface area (TPSA) is 62.3 Å². The van der Waals surface area contributed by atoms with Crippen molar-refractivity contribution in [3.8, 4) is 5.06 Å². The van der Waals surface area contributed by atoms with Gasteiger partial charge >= 0.3 is 12.1 Å². The standard InChI is InChI=1S/C27H34ClN3O4S/c1-34-26(32)25(21-9-5-6-10-22(21)28)31-12-11-23-19(18-31)17-24(36-23)35-27(33)30-15-13-29(14-16-30)20-7-3-2-4-8-20/h5-6,9-10,17,20,25H,2-4,7-8,11-16,18H2,1H3. The average Bonchev–Trinajstić information content (AvgIpc) is 3.32. The van der Waals surface area contributed by atoms with Gasteiger partial charge in [-0.1, -0.05) is 49.1 Å². The molecule has 2 aromatic rings. The Labute approximate surface area is 221 Å². The van der Waals surface area contributed by atoms with Gasteiger partial charge in [-0.25, -0.2) is 9.59 Å². The summed E-state index contributed by atoms with van der Waals surface area (Å²) in [7, 11) is 1.40. The van der Waals surface area contributed by atoms with Crippen LogP contribution in [0.1, 0.15) is 54.1 Å². The maximum absolute atomic E-state index is 12.9. The summed E-state index contributed by atoms with van der Waals surface area (Å²) >= 11 is 7.96. The highest BCUT2D eigenvalue weighted by molar-refractivity contribution is 7.14. The molecule has 2 fully saturated rings. The van der Waals surface area contributed by atoms with Crippen LogP contribution >= 0.6 is 22.9 Å². The molecular weight excluding hydrogens is 498 g/mol. The molecule has 0 spiro atoms. The number of piperazine rings is 1. The quantitative estimate of drug-likeness (QED) is 0.499. The summed E-state index contributed by atoms with van der Waals surface area (Å²) in [5.41, 5.74) is 1.82. The van der Waals surface area contributed by atoms with Crippen LogP contribution in [0.2, 0.25) is 5.02 Å². The van der Waals surface area contributed by atoms with E-state index in [0.29, 0.717) is 42.3 Å². The smallest absolute Gasteiger partial charge is 0.416 e. The molecule has 1 unspecified atom stereocenters. The minimum absolute atomic E-state index is 0.266. The number of esters is 1. The van der Waals surface area contributed by atoms with E-state index in [0.717, 1.165) is 30.6 Å². The van der Waals surface area contributed by atoms with E-state index in [1.807, 2.05) is 29.2 Å². The fraction of sp³-hybridized carbons (Fsp3) is 0.556. The number of thiophene rings is 1. The van der Waals surface area contributed by atoms with Gasteiger partial charge in [-0.3, -0.25) is 9.80 Å². The van der Waals surface area contributed by atoms with E-state index in [-0.39, 0.29) is 12.1 Å². The van der Waals surface area contributed by atoms with Crippen molar-refractivity contribution >= 4 is 35.0 Å². The van der Waals surface area contributed by atoms with Crippen LogP contribution in [0.5, 0.6) is 5.06 Å². The molecular formula is C27H34ClN3O4S. The Morgan fingerprint density at radius 3 is 2.53 bits per heavy atom. The van der Waals surface area contributed by atoms with Crippen LogP contribution in [0.3, 0.4) is 0 Å². The number of fused-ring (bicyclic) bond motifs is 1. The number of halogens is 1. The summed E-state index contributed by atoms with van der Waals surface area (Å²) in [5.74, 6) is -0.333. The number of ether oxygens (including phenoxy) is 2. The van der Waals surface area contributed by atoms with Gasteiger partial charge in [0.2, 0.25) is 0 Å². The summed E-state index contributed by atoms with van der Waals surface area (Å²) in [6.45, 7) is 4.53. The van der Waals surface area contributed by atoms with Gasteiger partial charge in [-0.2, -0.15) is 0 Å². The van der Waals surface area contributed by atoms with Crippen LogP contribution < -0.4 is 4.74 Å². The van der Waals surface area contributed by atoms with Crippen molar-refractivity contribution in [2.75, 3.05) is 39.8 Å². The molecule has 3 aliphatic rings. The average molecular weight is 532 g/mol. The first-order chi connectivity index (χ1) is 17.5. The van der Waals surface area contributed by atoms with Crippen molar-refractivity contribution in [3.63, 3.8) is 0 Å². The minimum Gasteiger partial charge on any atom is -0.468 e. The zero-order valence-electron chi connectivity index (χ0n) is 20.8. The van der Waals surface area contributed by atoms with Crippen molar-refractivity contribution in [2.45, 2.75) is 57.2 Å². The number of amides is 1. The third kappa shape index (κ3) is 5.57. The molecule has 1 saturated heterocycles. The van der Waals surface area contributed by atoms with E-state index >= 15 is 0 Å². The number of hydrogen-bond acceptors (Lipinski definition) is 7. The molecule has 194 valence electrons. The zero-order chi connectivity index (χ0) is 25.1. The maximum Gasteiger partial charge on any atom is 0.416 e. The Kier molecular flexibility index (Phi) is 8.15. The monoisotopic (exact) mass is 531 g/mol. The summed E-state index contributed by atoms with van der Waals surface area (Å²) in [6, 6.07) is 9.44. The molecule has 0 radical (unpaired) electrons. The third-order valence-corrected chi connectivity index (χ3v) is 9.17. The van der Waals surface area contributed by atoms with Gasteiger partial charge in [-0.15, -0.1) is 11.3 Å². The highest BCUT2D eigenvalue weighted by atomic mass is 35.5. The molecule has 1 aliphatic carbocycles. The first-order valence-electron chi connectivity index (χ1n) is 12.9. The molecule has 5 rings (SSSR count). The van der Waals surface area contributed by atoms with Gasteiger partial charge in [-0.05, 0) is 42.5 Å². The van der Waals surface area contributed by atoms with Crippen molar-refractivity contribution in [1.29, 1.82) is 0 Å². The number of hydrogen-bond donors (Lipinski definition) is 0. The molecule has 1 aromatic carbocycles. The van der Waals surface area contributed by atoms with Crippen LogP contribution in [0.25, 0.3) is 0 Å². The predicted molar refractivity (Wildman–Crippen MR) is 141 cm³/mol. The Hall–Kier alpha value is -2.13. The molecule has 3 heterocycles. The Bertz CT molecular complexity index is 1080. The van der Waals surface area contributed by atoms with Crippen LogP contribution in [0.15, 0.2) is 30.3 Å². The van der Waals surface area contributed by atoms with Gasteiger partial charge in [0, 0.05) is 55.2 Å². The highest BCUT2D eigenvalue weighted by Gasteiger charge is 2.34. The summed E-state index contributed by atoms with van der Waals surface area (Å²) in [6.07, 6.45) is 7.09. The van der Waals surface area contributed by atoms with Crippen molar-refractivity contribution in [1.82, 2.24) is 14.7 Å². The summed E-state index contributed by atoms with van der Waals surface area (Å²) in [4.78, 5) is 33.3. The lowest BCUT2D eigenvalue weighted by Crippen LogP contribution is -2.52. The summed E-state index contributed by atoms with van der Waals surface area (Å²) < 4.78 is 10.9. The maximum atomic E-state index is 12.9. The van der Waals surface area contributed by atoms with Crippen LogP contribution in [0, 0.1) is 0 Å². The molecule has 1 amide bonds. The Morgan fingerprint density at radius 1 is 1.06 bits per heavy atom. The normalized spacial score (nSPS) is 20.6. The zero-order valence-corrected chi connectivity index (χ0v) is 22.4. The largest absolute Gasteiger partial charge is 0.468 e. The lowest BCUT2D eigenvalue weighted by Gasteiger charge is -2.40. The first-order valence-corrected chi connectivity index (χ1v) is 14.1. The van der Waals surface area contributed by atoms with Gasteiger partial charge < -0.3 is 14.4 Å². The molecule has 9 heteroatoms. The number of rotatable bonds is 5. The van der Waals surface area contributed by atoms with Crippen LogP contribution in [0.4, 0.5) is 4.79 Å². The second-order valence-corrected chi connectivity index (χ2v) is 11.4. The van der Waals surface area contributed by atoms with E-state index in [9.17, 15) is 9.59 Å². The Morgan fingerprint density at radius 2 is 1.81 bits per heavy atom. The lowest BCUT2D eigenvalue weighted by atomic mass is 9.94.